The van der Waals surface area contributed by atoms with Gasteiger partial charge in [0.15, 0.2) is 0 Å². The van der Waals surface area contributed by atoms with Gasteiger partial charge in [-0.25, -0.2) is 10.0 Å². The maximum absolute atomic E-state index is 2.51. The minimum Gasteiger partial charge on any atom is -0.244 e. The molecule has 0 bridgehead atoms. The summed E-state index contributed by atoms with van der Waals surface area (Å²) in [5.41, 5.74) is 0.832. The lowest BCUT2D eigenvalue weighted by molar-refractivity contribution is 0.158. The van der Waals surface area contributed by atoms with Crippen molar-refractivity contribution in [1.29, 1.82) is 0 Å². The quantitative estimate of drug-likeness (QED) is 0.630. The molecule has 0 aliphatic carbocycles. The summed E-state index contributed by atoms with van der Waals surface area (Å²) in [6, 6.07) is 0. The predicted octanol–water partition coefficient (Wildman–Crippen LogP) is 5.31. The number of hydrogen-bond acceptors (Lipinski definition) is 0. The summed E-state index contributed by atoms with van der Waals surface area (Å²) in [5.74, 6) is 0. The molecule has 0 aromatic rings. The first-order chi connectivity index (χ1) is 6.77. The van der Waals surface area contributed by atoms with Crippen molar-refractivity contribution in [2.24, 2.45) is 10.8 Å². The summed E-state index contributed by atoms with van der Waals surface area (Å²) in [6.07, 6.45) is 10.0. The molecule has 0 aliphatic heterocycles. The lowest BCUT2D eigenvalue weighted by atomic mass is 9.68. The molecule has 0 nitrogen and oxygen atoms in total. The lowest BCUT2D eigenvalue weighted by Crippen LogP contribution is -2.46. The second kappa shape index (κ2) is 4.55. The number of hydrogen-bond donors (Lipinski definition) is 0. The van der Waals surface area contributed by atoms with Crippen LogP contribution in [0, 0.1) is 10.8 Å². The zero-order valence-corrected chi connectivity index (χ0v) is 14.1. The predicted molar refractivity (Wildman–Crippen MR) is 81.9 cm³/mol. The van der Waals surface area contributed by atoms with Crippen molar-refractivity contribution in [2.75, 3.05) is 18.8 Å². The molecule has 0 spiro atoms. The first-order valence-electron chi connectivity index (χ1n) is 6.45. The third-order valence-electron chi connectivity index (χ3n) is 4.43. The van der Waals surface area contributed by atoms with Gasteiger partial charge in [-0.3, -0.25) is 0 Å². The van der Waals surface area contributed by atoms with Gasteiger partial charge in [-0.15, -0.1) is 0 Å². The molecule has 1 atom stereocenters. The van der Waals surface area contributed by atoms with Gasteiger partial charge < -0.3 is 0 Å². The molecule has 1 heteroatoms. The Hall–Kier alpha value is 0.350. The third-order valence-corrected chi connectivity index (χ3v) is 7.97. The summed E-state index contributed by atoms with van der Waals surface area (Å²) in [5, 5.41) is 0. The highest BCUT2D eigenvalue weighted by molar-refractivity contribution is 8.33. The zero-order chi connectivity index (χ0) is 13.4. The molecule has 0 aromatic heterocycles. The van der Waals surface area contributed by atoms with Gasteiger partial charge in [0.1, 0.15) is 0 Å². The second-order valence-corrected chi connectivity index (χ2v) is 12.6. The normalized spacial score (nSPS) is 19.4. The van der Waals surface area contributed by atoms with Crippen molar-refractivity contribution in [1.82, 2.24) is 0 Å². The molecule has 0 amide bonds. The van der Waals surface area contributed by atoms with Crippen molar-refractivity contribution < 1.29 is 0 Å². The molecule has 1 unspecified atom stereocenters. The molecular formula is C15H34S. The Bertz CT molecular complexity index is 227. The van der Waals surface area contributed by atoms with E-state index < -0.39 is 10.0 Å². The molecule has 0 rings (SSSR count). The molecular weight excluding hydrogens is 212 g/mol. The van der Waals surface area contributed by atoms with E-state index in [-0.39, 0.29) is 0 Å². The smallest absolute Gasteiger partial charge is 0.00157 e. The van der Waals surface area contributed by atoms with Crippen molar-refractivity contribution in [3.63, 3.8) is 0 Å². The minimum absolute atomic E-state index is 0.410. The van der Waals surface area contributed by atoms with Crippen LogP contribution in [0.2, 0.25) is 0 Å². The Morgan fingerprint density at radius 1 is 0.812 bits per heavy atom. The molecule has 16 heavy (non-hydrogen) atoms. The van der Waals surface area contributed by atoms with Crippen LogP contribution in [0.5, 0.6) is 0 Å². The van der Waals surface area contributed by atoms with Gasteiger partial charge in [0.2, 0.25) is 0 Å². The van der Waals surface area contributed by atoms with E-state index in [1.807, 2.05) is 0 Å². The van der Waals surface area contributed by atoms with Crippen LogP contribution >= 0.6 is 10.0 Å². The van der Waals surface area contributed by atoms with Crippen LogP contribution in [-0.4, -0.2) is 23.5 Å². The Balaban J connectivity index is 5.24. The third kappa shape index (κ3) is 3.42. The summed E-state index contributed by atoms with van der Waals surface area (Å²) in [6.45, 7) is 16.9. The maximum atomic E-state index is 2.51. The minimum atomic E-state index is -0.545. The Labute approximate surface area is 106 Å². The fourth-order valence-electron chi connectivity index (χ4n) is 3.25. The van der Waals surface area contributed by atoms with E-state index in [1.165, 1.54) is 12.8 Å². The van der Waals surface area contributed by atoms with Crippen molar-refractivity contribution in [3.8, 4) is 0 Å². The molecule has 0 radical (unpaired) electrons. The topological polar surface area (TPSA) is 0 Å². The van der Waals surface area contributed by atoms with Crippen molar-refractivity contribution in [2.45, 2.75) is 66.1 Å². The van der Waals surface area contributed by atoms with Gasteiger partial charge in [-0.05, 0) is 42.4 Å². The van der Waals surface area contributed by atoms with Crippen molar-refractivity contribution in [3.05, 3.63) is 0 Å². The van der Waals surface area contributed by atoms with Crippen LogP contribution in [0.15, 0.2) is 0 Å². The largest absolute Gasteiger partial charge is 0.244 e. The Morgan fingerprint density at radius 2 is 1.19 bits per heavy atom. The van der Waals surface area contributed by atoms with Crippen molar-refractivity contribution >= 4 is 10.0 Å². The Morgan fingerprint density at radius 3 is 1.38 bits per heavy atom. The second-order valence-electron chi connectivity index (χ2n) is 8.04. The summed E-state index contributed by atoms with van der Waals surface area (Å²) < 4.78 is 0.466. The number of rotatable bonds is 4. The van der Waals surface area contributed by atoms with Gasteiger partial charge in [-0.2, -0.15) is 0 Å². The van der Waals surface area contributed by atoms with Crippen LogP contribution in [0.4, 0.5) is 0 Å². The first kappa shape index (κ1) is 16.4. The zero-order valence-electron chi connectivity index (χ0n) is 13.3. The molecule has 0 fully saturated rings. The van der Waals surface area contributed by atoms with Crippen LogP contribution in [-0.2, 0) is 0 Å². The summed E-state index contributed by atoms with van der Waals surface area (Å²) >= 11 is 0. The van der Waals surface area contributed by atoms with Crippen LogP contribution in [0.1, 0.15) is 61.3 Å². The van der Waals surface area contributed by atoms with Gasteiger partial charge in [-0.1, -0.05) is 48.5 Å². The van der Waals surface area contributed by atoms with E-state index in [2.05, 4.69) is 67.2 Å². The highest BCUT2D eigenvalue weighted by Crippen LogP contribution is 2.62. The van der Waals surface area contributed by atoms with Gasteiger partial charge in [0, 0.05) is 4.75 Å². The fourth-order valence-corrected chi connectivity index (χ4v) is 5.85. The van der Waals surface area contributed by atoms with E-state index in [4.69, 9.17) is 0 Å². The molecule has 0 saturated heterocycles. The Kier molecular flexibility index (Phi) is 4.65. The molecule has 100 valence electrons. The van der Waals surface area contributed by atoms with E-state index in [0.29, 0.717) is 15.6 Å². The van der Waals surface area contributed by atoms with E-state index >= 15 is 0 Å². The monoisotopic (exact) mass is 246 g/mol. The SMILES string of the molecule is CCC(C)(C(C)(C)CC(C)(C)C)S(C)(C)C. The van der Waals surface area contributed by atoms with Crippen LogP contribution in [0.3, 0.4) is 0 Å². The van der Waals surface area contributed by atoms with Crippen LogP contribution < -0.4 is 0 Å². The summed E-state index contributed by atoms with van der Waals surface area (Å²) in [4.78, 5) is 0. The molecule has 0 aliphatic rings. The molecule has 0 saturated carbocycles. The maximum Gasteiger partial charge on any atom is 0.00157 e. The van der Waals surface area contributed by atoms with E-state index in [1.54, 1.807) is 0 Å². The average Bonchev–Trinajstić information content (AvgIpc) is 1.95. The fraction of sp³-hybridized carbons (Fsp3) is 1.00. The van der Waals surface area contributed by atoms with Gasteiger partial charge in [0.05, 0.1) is 0 Å². The van der Waals surface area contributed by atoms with Crippen LogP contribution in [0.25, 0.3) is 0 Å². The standard InChI is InChI=1S/C15H34S/c1-11-15(7,16(8,9)10)14(5,6)12-13(2,3)4/h11-12H2,1-10H3. The molecule has 0 heterocycles. The summed E-state index contributed by atoms with van der Waals surface area (Å²) in [7, 11) is -0.545. The van der Waals surface area contributed by atoms with E-state index in [0.717, 1.165) is 0 Å². The molecule has 0 N–H and O–H groups in total. The van der Waals surface area contributed by atoms with E-state index in [9.17, 15) is 0 Å². The van der Waals surface area contributed by atoms with Gasteiger partial charge in [0.25, 0.3) is 0 Å². The highest BCUT2D eigenvalue weighted by Gasteiger charge is 2.46. The lowest BCUT2D eigenvalue weighted by Gasteiger charge is -2.57. The van der Waals surface area contributed by atoms with Gasteiger partial charge >= 0.3 is 0 Å². The first-order valence-corrected chi connectivity index (χ1v) is 9.30. The molecule has 0 aromatic carbocycles. The average molecular weight is 247 g/mol. The highest BCUT2D eigenvalue weighted by atomic mass is 32.3.